The van der Waals surface area contributed by atoms with E-state index in [2.05, 4.69) is 15.0 Å². The molecule has 0 amide bonds. The highest BCUT2D eigenvalue weighted by Gasteiger charge is 2.07. The van der Waals surface area contributed by atoms with E-state index < -0.39 is 10.0 Å². The fourth-order valence-electron chi connectivity index (χ4n) is 1.48. The first-order valence-electron chi connectivity index (χ1n) is 5.98. The molecule has 106 valence electrons. The second-order valence-electron chi connectivity index (χ2n) is 4.04. The molecule has 0 aliphatic heterocycles. The number of hydrogen-bond donors (Lipinski definition) is 2. The zero-order valence-electron chi connectivity index (χ0n) is 10.8. The zero-order valence-corrected chi connectivity index (χ0v) is 11.6. The van der Waals surface area contributed by atoms with E-state index >= 15 is 0 Å². The van der Waals surface area contributed by atoms with E-state index in [-0.39, 0.29) is 17.4 Å². The van der Waals surface area contributed by atoms with Crippen LogP contribution in [-0.4, -0.2) is 19.2 Å². The van der Waals surface area contributed by atoms with Gasteiger partial charge in [0.2, 0.25) is 10.0 Å². The summed E-state index contributed by atoms with van der Waals surface area (Å²) in [4.78, 5) is 3.96. The fraction of sp³-hybridized carbons (Fsp3) is 0.154. The van der Waals surface area contributed by atoms with Gasteiger partial charge in [-0.25, -0.2) is 17.8 Å². The molecule has 0 fully saturated rings. The smallest absolute Gasteiger partial charge is 0.233 e. The molecule has 0 radical (unpaired) electrons. The first-order valence-corrected chi connectivity index (χ1v) is 7.63. The highest BCUT2D eigenvalue weighted by Crippen LogP contribution is 2.19. The van der Waals surface area contributed by atoms with Gasteiger partial charge in [-0.15, -0.1) is 0 Å². The second kappa shape index (κ2) is 5.87. The molecule has 1 aromatic heterocycles. The maximum Gasteiger partial charge on any atom is 0.233 e. The van der Waals surface area contributed by atoms with Crippen molar-refractivity contribution in [3.05, 3.63) is 48.4 Å². The summed E-state index contributed by atoms with van der Waals surface area (Å²) in [6.45, 7) is 1.54. The number of para-hydroxylation sites is 1. The predicted molar refractivity (Wildman–Crippen MR) is 77.0 cm³/mol. The molecule has 0 aliphatic carbocycles. The maximum absolute atomic E-state index is 13.4. The number of halogens is 1. The third kappa shape index (κ3) is 3.67. The Hall–Kier alpha value is -2.15. The molecule has 0 atom stereocenters. The summed E-state index contributed by atoms with van der Waals surface area (Å²) < 4.78 is 38.5. The van der Waals surface area contributed by atoms with Crippen LogP contribution < -0.4 is 10.0 Å². The van der Waals surface area contributed by atoms with Crippen molar-refractivity contribution in [2.45, 2.75) is 6.92 Å². The first-order chi connectivity index (χ1) is 9.50. The van der Waals surface area contributed by atoms with Crippen LogP contribution >= 0.6 is 0 Å². The quantitative estimate of drug-likeness (QED) is 0.889. The van der Waals surface area contributed by atoms with Crippen LogP contribution in [0.25, 0.3) is 0 Å². The molecule has 0 unspecified atom stereocenters. The molecule has 0 saturated carbocycles. The second-order valence-corrected chi connectivity index (χ2v) is 6.05. The Morgan fingerprint density at radius 1 is 1.20 bits per heavy atom. The fourth-order valence-corrected chi connectivity index (χ4v) is 2.06. The number of anilines is 3. The van der Waals surface area contributed by atoms with Crippen molar-refractivity contribution < 1.29 is 12.8 Å². The minimum atomic E-state index is -3.34. The minimum Gasteiger partial charge on any atom is -0.352 e. The van der Waals surface area contributed by atoms with Crippen LogP contribution in [-0.2, 0) is 10.0 Å². The van der Waals surface area contributed by atoms with Crippen molar-refractivity contribution in [1.82, 2.24) is 4.98 Å². The Bertz CT molecular complexity index is 687. The van der Waals surface area contributed by atoms with E-state index in [0.717, 1.165) is 0 Å². The molecule has 1 heterocycles. The first kappa shape index (κ1) is 14.3. The molecule has 1 aromatic carbocycles. The molecular weight excluding hydrogens is 281 g/mol. The Morgan fingerprint density at radius 3 is 2.55 bits per heavy atom. The van der Waals surface area contributed by atoms with Crippen LogP contribution in [0.5, 0.6) is 0 Å². The standard InChI is InChI=1S/C13H14FN3O2S/c1-2-20(18,19)17-13-8-7-10(9-15-13)16-12-6-4-3-5-11(12)14/h3-9,16H,2H2,1H3,(H,15,17). The Morgan fingerprint density at radius 2 is 1.95 bits per heavy atom. The van der Waals surface area contributed by atoms with Crippen molar-refractivity contribution in [2.75, 3.05) is 15.8 Å². The van der Waals surface area contributed by atoms with E-state index in [4.69, 9.17) is 0 Å². The summed E-state index contributed by atoms with van der Waals surface area (Å²) in [5.74, 6) is -0.168. The van der Waals surface area contributed by atoms with Gasteiger partial charge in [-0.2, -0.15) is 0 Å². The van der Waals surface area contributed by atoms with Crippen LogP contribution in [0.15, 0.2) is 42.6 Å². The Kier molecular flexibility index (Phi) is 4.19. The number of benzene rings is 1. The van der Waals surface area contributed by atoms with Crippen LogP contribution in [0.1, 0.15) is 6.92 Å². The summed E-state index contributed by atoms with van der Waals surface area (Å²) in [5.41, 5.74) is 0.894. The lowest BCUT2D eigenvalue weighted by atomic mass is 10.3. The van der Waals surface area contributed by atoms with E-state index in [9.17, 15) is 12.8 Å². The van der Waals surface area contributed by atoms with Crippen molar-refractivity contribution >= 4 is 27.2 Å². The van der Waals surface area contributed by atoms with Gasteiger partial charge in [0, 0.05) is 0 Å². The number of hydrogen-bond acceptors (Lipinski definition) is 4. The van der Waals surface area contributed by atoms with Gasteiger partial charge in [0.1, 0.15) is 11.6 Å². The van der Waals surface area contributed by atoms with Crippen molar-refractivity contribution in [3.63, 3.8) is 0 Å². The van der Waals surface area contributed by atoms with Gasteiger partial charge < -0.3 is 5.32 Å². The molecule has 5 nitrogen and oxygen atoms in total. The summed E-state index contributed by atoms with van der Waals surface area (Å²) in [6, 6.07) is 9.38. The summed E-state index contributed by atoms with van der Waals surface area (Å²) in [6.07, 6.45) is 1.43. The average Bonchev–Trinajstić information content (AvgIpc) is 2.43. The lowest BCUT2D eigenvalue weighted by Gasteiger charge is -2.08. The largest absolute Gasteiger partial charge is 0.352 e. The molecule has 7 heteroatoms. The van der Waals surface area contributed by atoms with Crippen molar-refractivity contribution in [1.29, 1.82) is 0 Å². The van der Waals surface area contributed by atoms with Gasteiger partial charge in [-0.05, 0) is 31.2 Å². The monoisotopic (exact) mass is 295 g/mol. The number of rotatable bonds is 5. The van der Waals surface area contributed by atoms with Crippen LogP contribution in [0, 0.1) is 5.82 Å². The van der Waals surface area contributed by atoms with E-state index in [1.807, 2.05) is 0 Å². The number of nitrogens with zero attached hydrogens (tertiary/aromatic N) is 1. The van der Waals surface area contributed by atoms with E-state index in [1.54, 1.807) is 24.3 Å². The van der Waals surface area contributed by atoms with Gasteiger partial charge in [-0.3, -0.25) is 4.72 Å². The zero-order chi connectivity index (χ0) is 14.6. The topological polar surface area (TPSA) is 71.1 Å². The molecule has 2 aromatic rings. The van der Waals surface area contributed by atoms with Gasteiger partial charge >= 0.3 is 0 Å². The third-order valence-corrected chi connectivity index (χ3v) is 3.84. The van der Waals surface area contributed by atoms with E-state index in [0.29, 0.717) is 11.4 Å². The van der Waals surface area contributed by atoms with Crippen LogP contribution in [0.4, 0.5) is 21.6 Å². The Labute approximate surface area is 116 Å². The average molecular weight is 295 g/mol. The molecule has 0 spiro atoms. The summed E-state index contributed by atoms with van der Waals surface area (Å²) in [5, 5.41) is 2.86. The van der Waals surface area contributed by atoms with Crippen LogP contribution in [0.2, 0.25) is 0 Å². The van der Waals surface area contributed by atoms with Crippen molar-refractivity contribution in [3.8, 4) is 0 Å². The highest BCUT2D eigenvalue weighted by molar-refractivity contribution is 7.92. The molecule has 0 bridgehead atoms. The molecule has 0 aliphatic rings. The lowest BCUT2D eigenvalue weighted by molar-refractivity contribution is 0.602. The van der Waals surface area contributed by atoms with E-state index in [1.165, 1.54) is 25.3 Å². The molecule has 2 rings (SSSR count). The lowest BCUT2D eigenvalue weighted by Crippen LogP contribution is -2.15. The molecule has 2 N–H and O–H groups in total. The number of aromatic nitrogens is 1. The Balaban J connectivity index is 2.11. The number of sulfonamides is 1. The maximum atomic E-state index is 13.4. The number of pyridine rings is 1. The van der Waals surface area contributed by atoms with Gasteiger partial charge in [0.25, 0.3) is 0 Å². The predicted octanol–water partition coefficient (Wildman–Crippen LogP) is 2.73. The molecular formula is C13H14FN3O2S. The number of nitrogens with one attached hydrogen (secondary N) is 2. The molecule has 0 saturated heterocycles. The molecule has 20 heavy (non-hydrogen) atoms. The van der Waals surface area contributed by atoms with Crippen molar-refractivity contribution in [2.24, 2.45) is 0 Å². The summed E-state index contributed by atoms with van der Waals surface area (Å²) in [7, 11) is -3.34. The van der Waals surface area contributed by atoms with Gasteiger partial charge in [0.05, 0.1) is 23.3 Å². The highest BCUT2D eigenvalue weighted by atomic mass is 32.2. The van der Waals surface area contributed by atoms with Crippen LogP contribution in [0.3, 0.4) is 0 Å². The SMILES string of the molecule is CCS(=O)(=O)Nc1ccc(Nc2ccccc2F)cn1. The van der Waals surface area contributed by atoms with Gasteiger partial charge in [-0.1, -0.05) is 12.1 Å². The minimum absolute atomic E-state index is 0.0239. The normalized spacial score (nSPS) is 11.1. The summed E-state index contributed by atoms with van der Waals surface area (Å²) >= 11 is 0. The third-order valence-electron chi connectivity index (χ3n) is 2.56. The van der Waals surface area contributed by atoms with Gasteiger partial charge in [0.15, 0.2) is 0 Å².